The monoisotopic (exact) mass is 244 g/mol. The molecule has 0 aromatic heterocycles. The van der Waals surface area contributed by atoms with E-state index in [9.17, 15) is 0 Å². The second-order valence-electron chi connectivity index (χ2n) is 5.42. The zero-order valence-corrected chi connectivity index (χ0v) is 10.8. The van der Waals surface area contributed by atoms with Gasteiger partial charge < -0.3 is 0 Å². The van der Waals surface area contributed by atoms with E-state index in [1.165, 1.54) is 28.7 Å². The van der Waals surface area contributed by atoms with Crippen molar-refractivity contribution in [3.63, 3.8) is 0 Å². The summed E-state index contributed by atoms with van der Waals surface area (Å²) in [7, 11) is 0. The minimum absolute atomic E-state index is 0.614. The van der Waals surface area contributed by atoms with Gasteiger partial charge in [0.1, 0.15) is 0 Å². The molecule has 2 aliphatic carbocycles. The normalized spacial score (nSPS) is 24.2. The van der Waals surface area contributed by atoms with Crippen molar-refractivity contribution in [1.29, 1.82) is 0 Å². The Kier molecular flexibility index (Phi) is 2.41. The number of hydrogen-bond acceptors (Lipinski definition) is 0. The average molecular weight is 244 g/mol. The lowest BCUT2D eigenvalue weighted by Gasteiger charge is -2.14. The molecule has 0 heterocycles. The Bertz CT molecular complexity index is 587. The van der Waals surface area contributed by atoms with Crippen LogP contribution in [-0.4, -0.2) is 0 Å². The molecule has 2 aromatic carbocycles. The molecule has 0 fully saturated rings. The summed E-state index contributed by atoms with van der Waals surface area (Å²) in [5.74, 6) is 1.23. The summed E-state index contributed by atoms with van der Waals surface area (Å²) in [5, 5.41) is 0. The molecule has 0 saturated heterocycles. The number of hydrogen-bond donors (Lipinski definition) is 0. The summed E-state index contributed by atoms with van der Waals surface area (Å²) in [6, 6.07) is 21.6. The van der Waals surface area contributed by atoms with Crippen LogP contribution in [0.4, 0.5) is 0 Å². The van der Waals surface area contributed by atoms with Crippen molar-refractivity contribution in [2.24, 2.45) is 11.8 Å². The van der Waals surface area contributed by atoms with Crippen molar-refractivity contribution in [3.05, 3.63) is 83.9 Å². The zero-order chi connectivity index (χ0) is 12.7. The first-order chi connectivity index (χ1) is 9.42. The van der Waals surface area contributed by atoms with E-state index >= 15 is 0 Å². The molecule has 0 N–H and O–H groups in total. The van der Waals surface area contributed by atoms with E-state index in [1.807, 2.05) is 0 Å². The van der Waals surface area contributed by atoms with Gasteiger partial charge in [0.25, 0.3) is 0 Å². The van der Waals surface area contributed by atoms with Gasteiger partial charge in [0.2, 0.25) is 0 Å². The van der Waals surface area contributed by atoms with Crippen molar-refractivity contribution in [3.8, 4) is 0 Å². The summed E-state index contributed by atoms with van der Waals surface area (Å²) in [6.07, 6.45) is 6.21. The van der Waals surface area contributed by atoms with Crippen molar-refractivity contribution >= 4 is 11.1 Å². The molecule has 0 radical (unpaired) electrons. The highest BCUT2D eigenvalue weighted by atomic mass is 14.4. The Morgan fingerprint density at radius 2 is 1.00 bits per heavy atom. The average Bonchev–Trinajstić information content (AvgIpc) is 3.09. The van der Waals surface area contributed by atoms with Crippen LogP contribution < -0.4 is 0 Å². The van der Waals surface area contributed by atoms with E-state index in [1.54, 1.807) is 0 Å². The molecule has 2 bridgehead atoms. The van der Waals surface area contributed by atoms with Crippen LogP contribution in [0.1, 0.15) is 17.5 Å². The Labute approximate surface area is 114 Å². The highest BCUT2D eigenvalue weighted by molar-refractivity contribution is 5.84. The Balaban J connectivity index is 1.67. The fraction of sp³-hybridized carbons (Fsp3) is 0.158. The third-order valence-electron chi connectivity index (χ3n) is 4.28. The molecule has 2 aromatic rings. The lowest BCUT2D eigenvalue weighted by atomic mass is 9.91. The fourth-order valence-electron chi connectivity index (χ4n) is 3.41. The predicted molar refractivity (Wildman–Crippen MR) is 80.4 cm³/mol. The number of benzene rings is 2. The van der Waals surface area contributed by atoms with Crippen LogP contribution in [0.15, 0.2) is 72.8 Å². The SMILES string of the molecule is C1=C(c2ccccc2)[C@H]2C=C(c3ccccc3)[C@@H]1C2. The van der Waals surface area contributed by atoms with Gasteiger partial charge in [-0.2, -0.15) is 0 Å². The summed E-state index contributed by atoms with van der Waals surface area (Å²) in [4.78, 5) is 0. The molecule has 0 heteroatoms. The van der Waals surface area contributed by atoms with Crippen LogP contribution in [-0.2, 0) is 0 Å². The van der Waals surface area contributed by atoms with Crippen LogP contribution >= 0.6 is 0 Å². The van der Waals surface area contributed by atoms with Gasteiger partial charge in [-0.15, -0.1) is 0 Å². The molecule has 0 amide bonds. The molecule has 92 valence electrons. The van der Waals surface area contributed by atoms with Gasteiger partial charge in [0, 0.05) is 11.8 Å². The lowest BCUT2D eigenvalue weighted by molar-refractivity contribution is 0.745. The molecule has 4 rings (SSSR count). The lowest BCUT2D eigenvalue weighted by Crippen LogP contribution is -1.95. The number of allylic oxidation sites excluding steroid dienone is 4. The van der Waals surface area contributed by atoms with Gasteiger partial charge in [-0.25, -0.2) is 0 Å². The minimum atomic E-state index is 0.614. The first kappa shape index (κ1) is 10.8. The predicted octanol–water partition coefficient (Wildman–Crippen LogP) is 4.80. The molecule has 0 saturated carbocycles. The molecule has 2 aliphatic rings. The summed E-state index contributed by atoms with van der Waals surface area (Å²) >= 11 is 0. The van der Waals surface area contributed by atoms with E-state index in [0.717, 1.165) is 0 Å². The molecule has 0 spiro atoms. The summed E-state index contributed by atoms with van der Waals surface area (Å²) in [6.45, 7) is 0. The van der Waals surface area contributed by atoms with Gasteiger partial charge in [-0.1, -0.05) is 72.8 Å². The van der Waals surface area contributed by atoms with Crippen LogP contribution in [0.2, 0.25) is 0 Å². The summed E-state index contributed by atoms with van der Waals surface area (Å²) in [5.41, 5.74) is 5.81. The van der Waals surface area contributed by atoms with E-state index < -0.39 is 0 Å². The smallest absolute Gasteiger partial charge is 0.00360 e. The zero-order valence-electron chi connectivity index (χ0n) is 10.8. The minimum Gasteiger partial charge on any atom is -0.0725 e. The number of rotatable bonds is 2. The molecule has 0 aliphatic heterocycles. The quantitative estimate of drug-likeness (QED) is 0.711. The van der Waals surface area contributed by atoms with Crippen LogP contribution in [0, 0.1) is 11.8 Å². The summed E-state index contributed by atoms with van der Waals surface area (Å²) < 4.78 is 0. The Morgan fingerprint density at radius 1 is 0.579 bits per heavy atom. The topological polar surface area (TPSA) is 0 Å². The van der Waals surface area contributed by atoms with Crippen molar-refractivity contribution < 1.29 is 0 Å². The van der Waals surface area contributed by atoms with Crippen LogP contribution in [0.5, 0.6) is 0 Å². The Morgan fingerprint density at radius 3 is 1.37 bits per heavy atom. The molecule has 0 unspecified atom stereocenters. The van der Waals surface area contributed by atoms with E-state index in [2.05, 4.69) is 72.8 Å². The van der Waals surface area contributed by atoms with Gasteiger partial charge in [0.05, 0.1) is 0 Å². The van der Waals surface area contributed by atoms with E-state index in [4.69, 9.17) is 0 Å². The van der Waals surface area contributed by atoms with E-state index in [-0.39, 0.29) is 0 Å². The first-order valence-corrected chi connectivity index (χ1v) is 6.96. The van der Waals surface area contributed by atoms with Gasteiger partial charge in [-0.05, 0) is 28.7 Å². The molecular formula is C19H16. The van der Waals surface area contributed by atoms with Crippen molar-refractivity contribution in [2.45, 2.75) is 6.42 Å². The van der Waals surface area contributed by atoms with Gasteiger partial charge in [0.15, 0.2) is 0 Å². The van der Waals surface area contributed by atoms with E-state index in [0.29, 0.717) is 11.8 Å². The third-order valence-corrected chi connectivity index (χ3v) is 4.28. The molecule has 0 nitrogen and oxygen atoms in total. The Hall–Kier alpha value is -2.08. The van der Waals surface area contributed by atoms with Gasteiger partial charge in [-0.3, -0.25) is 0 Å². The number of fused-ring (bicyclic) bond motifs is 2. The highest BCUT2D eigenvalue weighted by Crippen LogP contribution is 2.50. The maximum Gasteiger partial charge on any atom is 0.00360 e. The second-order valence-corrected chi connectivity index (χ2v) is 5.42. The molecule has 2 atom stereocenters. The molecular weight excluding hydrogens is 228 g/mol. The largest absolute Gasteiger partial charge is 0.0725 e. The maximum atomic E-state index is 2.47. The first-order valence-electron chi connectivity index (χ1n) is 6.96. The third kappa shape index (κ3) is 1.76. The maximum absolute atomic E-state index is 2.47. The van der Waals surface area contributed by atoms with Crippen molar-refractivity contribution in [1.82, 2.24) is 0 Å². The molecule has 19 heavy (non-hydrogen) atoms. The van der Waals surface area contributed by atoms with Crippen LogP contribution in [0.3, 0.4) is 0 Å². The van der Waals surface area contributed by atoms with Crippen LogP contribution in [0.25, 0.3) is 11.1 Å². The second kappa shape index (κ2) is 4.24. The standard InChI is InChI=1S/C19H16/c1-3-7-14(8-4-1)18-12-17-11-16(18)13-19(17)15-9-5-2-6-10-15/h1-10,12-13,16-17H,11H2/t16-,17-/m1/s1. The fourth-order valence-corrected chi connectivity index (χ4v) is 3.41. The highest BCUT2D eigenvalue weighted by Gasteiger charge is 2.34. The van der Waals surface area contributed by atoms with Crippen molar-refractivity contribution in [2.75, 3.05) is 0 Å². The van der Waals surface area contributed by atoms with Gasteiger partial charge >= 0.3 is 0 Å².